The molecule has 1 unspecified atom stereocenters. The molecule has 1 aromatic heterocycles. The van der Waals surface area contributed by atoms with E-state index in [0.717, 1.165) is 10.5 Å². The van der Waals surface area contributed by atoms with Crippen molar-refractivity contribution in [2.45, 2.75) is 29.9 Å². The number of carbonyl (C=O) groups is 3. The second kappa shape index (κ2) is 12.3. The molecule has 200 valence electrons. The van der Waals surface area contributed by atoms with Crippen LogP contribution in [0.5, 0.6) is 0 Å². The molecule has 0 fully saturated rings. The van der Waals surface area contributed by atoms with Crippen molar-refractivity contribution in [3.05, 3.63) is 107 Å². The molecule has 4 aromatic rings. The van der Waals surface area contributed by atoms with Crippen molar-refractivity contribution in [2.24, 2.45) is 7.05 Å². The number of thioether (sulfide) groups is 1. The first-order valence-corrected chi connectivity index (χ1v) is 13.1. The zero-order chi connectivity index (χ0) is 27.9. The van der Waals surface area contributed by atoms with Gasteiger partial charge in [0.15, 0.2) is 0 Å². The van der Waals surface area contributed by atoms with Crippen molar-refractivity contribution in [1.29, 1.82) is 0 Å². The quantitative estimate of drug-likeness (QED) is 0.248. The van der Waals surface area contributed by atoms with Gasteiger partial charge in [0.05, 0.1) is 17.8 Å². The van der Waals surface area contributed by atoms with Crippen molar-refractivity contribution in [1.82, 2.24) is 9.36 Å². The average Bonchev–Trinajstić information content (AvgIpc) is 3.15. The standard InChI is InChI=1S/C29H28N4O5S/c1-19-26(29(38)33(32(19)2)22-11-7-4-8-12-22)31-28(37)27(20-9-5-3-6-10-20)39-23-15-13-21(14-16-23)30-24(34)17-18-25(35)36/h3-16,27H,17-18H2,1-2H3,(H,30,34)(H,31,37)(H,35,36). The molecule has 3 N–H and O–H groups in total. The van der Waals surface area contributed by atoms with Gasteiger partial charge in [0.2, 0.25) is 11.8 Å². The second-order valence-corrected chi connectivity index (χ2v) is 9.98. The van der Waals surface area contributed by atoms with Gasteiger partial charge in [-0.1, -0.05) is 48.5 Å². The largest absolute Gasteiger partial charge is 0.481 e. The molecule has 39 heavy (non-hydrogen) atoms. The number of anilines is 2. The lowest BCUT2D eigenvalue weighted by molar-refractivity contribution is -0.138. The number of carbonyl (C=O) groups excluding carboxylic acids is 2. The lowest BCUT2D eigenvalue weighted by Gasteiger charge is -2.17. The first-order chi connectivity index (χ1) is 18.7. The summed E-state index contributed by atoms with van der Waals surface area (Å²) in [7, 11) is 1.77. The number of amides is 2. The Kier molecular flexibility index (Phi) is 8.67. The van der Waals surface area contributed by atoms with E-state index in [9.17, 15) is 19.2 Å². The monoisotopic (exact) mass is 544 g/mol. The molecule has 0 saturated heterocycles. The molecule has 3 aromatic carbocycles. The molecule has 0 saturated carbocycles. The van der Waals surface area contributed by atoms with Gasteiger partial charge in [0, 0.05) is 24.1 Å². The highest BCUT2D eigenvalue weighted by molar-refractivity contribution is 8.00. The van der Waals surface area contributed by atoms with E-state index in [-0.39, 0.29) is 30.0 Å². The SMILES string of the molecule is Cc1c(NC(=O)C(Sc2ccc(NC(=O)CCC(=O)O)cc2)c2ccccc2)c(=O)n(-c2ccccc2)n1C. The summed E-state index contributed by atoms with van der Waals surface area (Å²) in [6.45, 7) is 1.78. The summed E-state index contributed by atoms with van der Waals surface area (Å²) in [5, 5.41) is 13.6. The molecule has 0 aliphatic rings. The number of hydrogen-bond acceptors (Lipinski definition) is 5. The first kappa shape index (κ1) is 27.5. The molecule has 9 nitrogen and oxygen atoms in total. The zero-order valence-electron chi connectivity index (χ0n) is 21.5. The molecule has 0 bridgehead atoms. The first-order valence-electron chi connectivity index (χ1n) is 12.2. The minimum Gasteiger partial charge on any atom is -0.481 e. The number of carboxylic acids is 1. The third-order valence-corrected chi connectivity index (χ3v) is 7.37. The summed E-state index contributed by atoms with van der Waals surface area (Å²) in [6, 6.07) is 25.4. The number of hydrogen-bond donors (Lipinski definition) is 3. The fourth-order valence-corrected chi connectivity index (χ4v) is 5.02. The molecule has 0 aliphatic carbocycles. The summed E-state index contributed by atoms with van der Waals surface area (Å²) >= 11 is 1.31. The van der Waals surface area contributed by atoms with E-state index < -0.39 is 17.1 Å². The third-order valence-electron chi connectivity index (χ3n) is 6.10. The topological polar surface area (TPSA) is 122 Å². The van der Waals surface area contributed by atoms with E-state index in [2.05, 4.69) is 10.6 Å². The number of para-hydroxylation sites is 1. The highest BCUT2D eigenvalue weighted by Gasteiger charge is 2.26. The smallest absolute Gasteiger partial charge is 0.303 e. The zero-order valence-corrected chi connectivity index (χ0v) is 22.3. The third kappa shape index (κ3) is 6.66. The number of benzene rings is 3. The van der Waals surface area contributed by atoms with Crippen LogP contribution in [-0.4, -0.2) is 32.3 Å². The molecule has 1 atom stereocenters. The van der Waals surface area contributed by atoms with E-state index in [0.29, 0.717) is 17.1 Å². The molecule has 1 heterocycles. The lowest BCUT2D eigenvalue weighted by atomic mass is 10.1. The van der Waals surface area contributed by atoms with Gasteiger partial charge in [0.1, 0.15) is 10.9 Å². The van der Waals surface area contributed by atoms with Crippen molar-refractivity contribution >= 4 is 40.9 Å². The van der Waals surface area contributed by atoms with Gasteiger partial charge in [-0.15, -0.1) is 11.8 Å². The van der Waals surface area contributed by atoms with E-state index in [1.165, 1.54) is 16.4 Å². The number of nitrogens with one attached hydrogen (secondary N) is 2. The van der Waals surface area contributed by atoms with E-state index in [1.807, 2.05) is 60.7 Å². The van der Waals surface area contributed by atoms with Crippen LogP contribution in [0.2, 0.25) is 0 Å². The van der Waals surface area contributed by atoms with Crippen molar-refractivity contribution in [3.8, 4) is 5.69 Å². The van der Waals surface area contributed by atoms with E-state index in [1.54, 1.807) is 42.9 Å². The van der Waals surface area contributed by atoms with Gasteiger partial charge in [0.25, 0.3) is 5.56 Å². The summed E-state index contributed by atoms with van der Waals surface area (Å²) in [6.07, 6.45) is -0.363. The lowest BCUT2D eigenvalue weighted by Crippen LogP contribution is -2.25. The average molecular weight is 545 g/mol. The van der Waals surface area contributed by atoms with Crippen LogP contribution < -0.4 is 16.2 Å². The van der Waals surface area contributed by atoms with Gasteiger partial charge in [-0.25, -0.2) is 4.68 Å². The maximum atomic E-state index is 13.6. The van der Waals surface area contributed by atoms with Crippen LogP contribution in [0.15, 0.2) is 94.6 Å². The van der Waals surface area contributed by atoms with Gasteiger partial charge in [-0.2, -0.15) is 0 Å². The van der Waals surface area contributed by atoms with Crippen molar-refractivity contribution < 1.29 is 19.5 Å². The predicted octanol–water partition coefficient (Wildman–Crippen LogP) is 4.76. The molecule has 0 aliphatic heterocycles. The Morgan fingerprint density at radius 1 is 0.872 bits per heavy atom. The fourth-order valence-electron chi connectivity index (χ4n) is 4.00. The van der Waals surface area contributed by atoms with Crippen LogP contribution in [0, 0.1) is 6.92 Å². The van der Waals surface area contributed by atoms with Crippen LogP contribution in [0.25, 0.3) is 5.69 Å². The fraction of sp³-hybridized carbons (Fsp3) is 0.172. The van der Waals surface area contributed by atoms with Crippen LogP contribution in [0.4, 0.5) is 11.4 Å². The Labute approximate surface area is 229 Å². The Morgan fingerprint density at radius 2 is 1.49 bits per heavy atom. The Hall–Kier alpha value is -4.57. The number of rotatable bonds is 10. The number of nitrogens with zero attached hydrogens (tertiary/aromatic N) is 2. The van der Waals surface area contributed by atoms with Crippen molar-refractivity contribution in [2.75, 3.05) is 10.6 Å². The molecule has 0 radical (unpaired) electrons. The van der Waals surface area contributed by atoms with Gasteiger partial charge < -0.3 is 15.7 Å². The minimum atomic E-state index is -1.04. The highest BCUT2D eigenvalue weighted by Crippen LogP contribution is 2.36. The Balaban J connectivity index is 1.55. The molecular weight excluding hydrogens is 516 g/mol. The van der Waals surface area contributed by atoms with Crippen LogP contribution in [0.1, 0.15) is 29.3 Å². The van der Waals surface area contributed by atoms with Crippen LogP contribution >= 0.6 is 11.8 Å². The Morgan fingerprint density at radius 3 is 2.10 bits per heavy atom. The van der Waals surface area contributed by atoms with Gasteiger partial charge in [-0.3, -0.25) is 23.9 Å². The maximum Gasteiger partial charge on any atom is 0.303 e. The van der Waals surface area contributed by atoms with Crippen LogP contribution in [0.3, 0.4) is 0 Å². The molecule has 2 amide bonds. The van der Waals surface area contributed by atoms with Crippen LogP contribution in [-0.2, 0) is 21.4 Å². The normalized spacial score (nSPS) is 11.5. The molecule has 10 heteroatoms. The predicted molar refractivity (Wildman–Crippen MR) is 151 cm³/mol. The second-order valence-electron chi connectivity index (χ2n) is 8.80. The maximum absolute atomic E-state index is 13.6. The minimum absolute atomic E-state index is 0.118. The molecule has 4 rings (SSSR count). The molecular formula is C29H28N4O5S. The van der Waals surface area contributed by atoms with Gasteiger partial charge in [-0.05, 0) is 48.9 Å². The van der Waals surface area contributed by atoms with E-state index in [4.69, 9.17) is 5.11 Å². The summed E-state index contributed by atoms with van der Waals surface area (Å²) in [4.78, 5) is 50.3. The van der Waals surface area contributed by atoms with Gasteiger partial charge >= 0.3 is 5.97 Å². The van der Waals surface area contributed by atoms with E-state index >= 15 is 0 Å². The number of aromatic nitrogens is 2. The number of aliphatic carboxylic acids is 1. The molecule has 0 spiro atoms. The highest BCUT2D eigenvalue weighted by atomic mass is 32.2. The van der Waals surface area contributed by atoms with Crippen molar-refractivity contribution in [3.63, 3.8) is 0 Å². The summed E-state index contributed by atoms with van der Waals surface area (Å²) in [5.74, 6) is -1.77. The number of carboxylic acid groups (broad SMARTS) is 1. The summed E-state index contributed by atoms with van der Waals surface area (Å²) < 4.78 is 3.22. The summed E-state index contributed by atoms with van der Waals surface area (Å²) in [5.41, 5.74) is 2.50. The Bertz CT molecular complexity index is 1530.